The summed E-state index contributed by atoms with van der Waals surface area (Å²) >= 11 is 0. The van der Waals surface area contributed by atoms with E-state index in [1.807, 2.05) is 29.9 Å². The van der Waals surface area contributed by atoms with Gasteiger partial charge in [0.1, 0.15) is 0 Å². The molecule has 0 saturated carbocycles. The van der Waals surface area contributed by atoms with E-state index in [9.17, 15) is 0 Å². The maximum Gasteiger partial charge on any atom is 0.0675 e. The van der Waals surface area contributed by atoms with Gasteiger partial charge in [-0.3, -0.25) is 0 Å². The minimum absolute atomic E-state index is 1.03. The van der Waals surface area contributed by atoms with Crippen LogP contribution in [0, 0.1) is 13.8 Å². The number of hydrogen-bond acceptors (Lipinski definition) is 1. The van der Waals surface area contributed by atoms with Gasteiger partial charge in [-0.25, -0.2) is 4.68 Å². The van der Waals surface area contributed by atoms with E-state index in [4.69, 9.17) is 0 Å². The molecule has 0 radical (unpaired) electrons. The molecule has 0 N–H and O–H groups in total. The third-order valence-electron chi connectivity index (χ3n) is 3.27. The van der Waals surface area contributed by atoms with Crippen LogP contribution in [0.25, 0.3) is 16.8 Å². The summed E-state index contributed by atoms with van der Waals surface area (Å²) in [5, 5.41) is 4.46. The van der Waals surface area contributed by atoms with Crippen molar-refractivity contribution in [2.75, 3.05) is 0 Å². The summed E-state index contributed by atoms with van der Waals surface area (Å²) in [5.74, 6) is 0. The van der Waals surface area contributed by atoms with Crippen molar-refractivity contribution in [1.82, 2.24) is 9.78 Å². The molecule has 0 spiro atoms. The molecular formula is C17H16N2. The first-order valence-corrected chi connectivity index (χ1v) is 6.43. The van der Waals surface area contributed by atoms with Gasteiger partial charge in [-0.2, -0.15) is 5.10 Å². The van der Waals surface area contributed by atoms with Crippen molar-refractivity contribution in [3.8, 4) is 16.8 Å². The maximum atomic E-state index is 4.46. The van der Waals surface area contributed by atoms with Crippen LogP contribution in [0.4, 0.5) is 0 Å². The van der Waals surface area contributed by atoms with E-state index in [1.54, 1.807) is 0 Å². The fourth-order valence-corrected chi connectivity index (χ4v) is 2.27. The Morgan fingerprint density at radius 2 is 1.63 bits per heavy atom. The van der Waals surface area contributed by atoms with E-state index in [0.29, 0.717) is 0 Å². The SMILES string of the molecule is Cc1ccn(-c2ccc(-c3ccccc3)cc2C)n1. The molecule has 1 heterocycles. The smallest absolute Gasteiger partial charge is 0.0675 e. The van der Waals surface area contributed by atoms with Crippen molar-refractivity contribution in [3.63, 3.8) is 0 Å². The quantitative estimate of drug-likeness (QED) is 0.666. The minimum atomic E-state index is 1.03. The zero-order valence-corrected chi connectivity index (χ0v) is 11.2. The minimum Gasteiger partial charge on any atom is -0.240 e. The van der Waals surface area contributed by atoms with Gasteiger partial charge in [0.05, 0.1) is 11.4 Å². The summed E-state index contributed by atoms with van der Waals surface area (Å²) in [6, 6.07) is 18.9. The first kappa shape index (κ1) is 11.7. The molecule has 3 aromatic rings. The molecule has 0 amide bonds. The number of aromatic nitrogens is 2. The van der Waals surface area contributed by atoms with Gasteiger partial charge in [0.15, 0.2) is 0 Å². The third-order valence-corrected chi connectivity index (χ3v) is 3.27. The monoisotopic (exact) mass is 248 g/mol. The standard InChI is InChI=1S/C17H16N2/c1-13-12-16(15-6-4-3-5-7-15)8-9-17(13)19-11-10-14(2)18-19/h3-12H,1-2H3. The van der Waals surface area contributed by atoms with E-state index in [1.165, 1.54) is 16.7 Å². The molecule has 1 aromatic heterocycles. The first-order chi connectivity index (χ1) is 9.24. The molecule has 19 heavy (non-hydrogen) atoms. The molecule has 0 fully saturated rings. The van der Waals surface area contributed by atoms with E-state index < -0.39 is 0 Å². The Labute approximate surface area is 113 Å². The van der Waals surface area contributed by atoms with Gasteiger partial charge >= 0.3 is 0 Å². The zero-order chi connectivity index (χ0) is 13.2. The average molecular weight is 248 g/mol. The highest BCUT2D eigenvalue weighted by molar-refractivity contribution is 5.66. The molecule has 0 atom stereocenters. The summed E-state index contributed by atoms with van der Waals surface area (Å²) < 4.78 is 1.93. The molecule has 0 saturated heterocycles. The predicted octanol–water partition coefficient (Wildman–Crippen LogP) is 4.16. The highest BCUT2D eigenvalue weighted by Crippen LogP contribution is 2.23. The van der Waals surface area contributed by atoms with E-state index in [0.717, 1.165) is 11.4 Å². The second-order valence-electron chi connectivity index (χ2n) is 4.77. The molecule has 0 bridgehead atoms. The molecule has 0 aliphatic heterocycles. The molecule has 2 nitrogen and oxygen atoms in total. The fourth-order valence-electron chi connectivity index (χ4n) is 2.27. The van der Waals surface area contributed by atoms with E-state index in [2.05, 4.69) is 54.5 Å². The average Bonchev–Trinajstić information content (AvgIpc) is 2.86. The van der Waals surface area contributed by atoms with Crippen LogP contribution >= 0.6 is 0 Å². The van der Waals surface area contributed by atoms with E-state index >= 15 is 0 Å². The second kappa shape index (κ2) is 4.73. The van der Waals surface area contributed by atoms with Crippen molar-refractivity contribution >= 4 is 0 Å². The van der Waals surface area contributed by atoms with Crippen LogP contribution in [-0.4, -0.2) is 9.78 Å². The molecule has 2 aromatic carbocycles. The van der Waals surface area contributed by atoms with Crippen LogP contribution in [0.2, 0.25) is 0 Å². The van der Waals surface area contributed by atoms with Crippen LogP contribution in [0.1, 0.15) is 11.3 Å². The van der Waals surface area contributed by atoms with Gasteiger partial charge in [0.2, 0.25) is 0 Å². The number of benzene rings is 2. The Kier molecular flexibility index (Phi) is 2.92. The van der Waals surface area contributed by atoms with Crippen LogP contribution in [0.3, 0.4) is 0 Å². The Hall–Kier alpha value is -2.35. The van der Waals surface area contributed by atoms with Gasteiger partial charge < -0.3 is 0 Å². The van der Waals surface area contributed by atoms with Gasteiger partial charge in [-0.1, -0.05) is 36.4 Å². The van der Waals surface area contributed by atoms with Crippen LogP contribution in [-0.2, 0) is 0 Å². The Morgan fingerprint density at radius 3 is 2.26 bits per heavy atom. The molecule has 2 heteroatoms. The first-order valence-electron chi connectivity index (χ1n) is 6.43. The number of aryl methyl sites for hydroxylation is 2. The molecule has 0 unspecified atom stereocenters. The normalized spacial score (nSPS) is 10.6. The van der Waals surface area contributed by atoms with Crippen molar-refractivity contribution in [2.45, 2.75) is 13.8 Å². The summed E-state index contributed by atoms with van der Waals surface area (Å²) in [7, 11) is 0. The van der Waals surface area contributed by atoms with Gasteiger partial charge in [-0.15, -0.1) is 0 Å². The number of rotatable bonds is 2. The zero-order valence-electron chi connectivity index (χ0n) is 11.2. The Balaban J connectivity index is 2.03. The predicted molar refractivity (Wildman–Crippen MR) is 78.5 cm³/mol. The highest BCUT2D eigenvalue weighted by atomic mass is 15.3. The van der Waals surface area contributed by atoms with Crippen LogP contribution in [0.15, 0.2) is 60.8 Å². The summed E-state index contributed by atoms with van der Waals surface area (Å²) in [6.07, 6.45) is 2.00. The lowest BCUT2D eigenvalue weighted by atomic mass is 10.0. The molecule has 0 aliphatic rings. The van der Waals surface area contributed by atoms with Crippen molar-refractivity contribution < 1.29 is 0 Å². The van der Waals surface area contributed by atoms with Crippen molar-refractivity contribution in [1.29, 1.82) is 0 Å². The molecule has 3 rings (SSSR count). The largest absolute Gasteiger partial charge is 0.240 e. The lowest BCUT2D eigenvalue weighted by molar-refractivity contribution is 0.856. The fraction of sp³-hybridized carbons (Fsp3) is 0.118. The lowest BCUT2D eigenvalue weighted by Gasteiger charge is -2.09. The van der Waals surface area contributed by atoms with Gasteiger partial charge in [0, 0.05) is 6.20 Å². The number of nitrogens with zero attached hydrogens (tertiary/aromatic N) is 2. The molecule has 94 valence electrons. The third kappa shape index (κ3) is 2.29. The summed E-state index contributed by atoms with van der Waals surface area (Å²) in [5.41, 5.74) is 5.88. The Morgan fingerprint density at radius 1 is 0.842 bits per heavy atom. The number of hydrogen-bond donors (Lipinski definition) is 0. The molecule has 0 aliphatic carbocycles. The van der Waals surface area contributed by atoms with E-state index in [-0.39, 0.29) is 0 Å². The van der Waals surface area contributed by atoms with Crippen LogP contribution < -0.4 is 0 Å². The maximum absolute atomic E-state index is 4.46. The van der Waals surface area contributed by atoms with Crippen molar-refractivity contribution in [3.05, 3.63) is 72.1 Å². The Bertz CT molecular complexity index is 696. The lowest BCUT2D eigenvalue weighted by Crippen LogP contribution is -1.98. The van der Waals surface area contributed by atoms with Gasteiger partial charge in [0.25, 0.3) is 0 Å². The summed E-state index contributed by atoms with van der Waals surface area (Å²) in [4.78, 5) is 0. The van der Waals surface area contributed by atoms with Crippen molar-refractivity contribution in [2.24, 2.45) is 0 Å². The highest BCUT2D eigenvalue weighted by Gasteiger charge is 2.04. The van der Waals surface area contributed by atoms with Gasteiger partial charge in [-0.05, 0) is 48.7 Å². The summed E-state index contributed by atoms with van der Waals surface area (Å²) in [6.45, 7) is 4.13. The topological polar surface area (TPSA) is 17.8 Å². The second-order valence-corrected chi connectivity index (χ2v) is 4.77. The molecular weight excluding hydrogens is 232 g/mol. The van der Waals surface area contributed by atoms with Crippen LogP contribution in [0.5, 0.6) is 0 Å².